The Morgan fingerprint density at radius 2 is 1.62 bits per heavy atom. The van der Waals surface area contributed by atoms with Gasteiger partial charge in [0.2, 0.25) is 0 Å². The van der Waals surface area contributed by atoms with Crippen molar-refractivity contribution in [1.82, 2.24) is 0 Å². The second-order valence-electron chi connectivity index (χ2n) is 4.39. The Morgan fingerprint density at radius 1 is 1.08 bits per heavy atom. The van der Waals surface area contributed by atoms with Crippen LogP contribution in [-0.2, 0) is 4.74 Å². The van der Waals surface area contributed by atoms with Crippen LogP contribution < -0.4 is 0 Å². The molecule has 1 atom stereocenters. The molecule has 0 saturated carbocycles. The average Bonchev–Trinajstić information content (AvgIpc) is 2.05. The van der Waals surface area contributed by atoms with Gasteiger partial charge in [-0.1, -0.05) is 51.1 Å². The van der Waals surface area contributed by atoms with Crippen LogP contribution in [0.2, 0.25) is 0 Å². The first-order valence-electron chi connectivity index (χ1n) is 4.63. The van der Waals surface area contributed by atoms with E-state index in [-0.39, 0.29) is 11.5 Å². The molecule has 0 aliphatic rings. The molecule has 0 radical (unpaired) electrons. The Labute approximate surface area is 80.7 Å². The molecular formula is C12H18O. The third-order valence-corrected chi connectivity index (χ3v) is 2.12. The maximum atomic E-state index is 5.50. The van der Waals surface area contributed by atoms with Gasteiger partial charge in [-0.05, 0) is 11.0 Å². The summed E-state index contributed by atoms with van der Waals surface area (Å²) in [6.45, 7) is 6.57. The van der Waals surface area contributed by atoms with Crippen LogP contribution in [0.25, 0.3) is 0 Å². The average molecular weight is 178 g/mol. The zero-order valence-corrected chi connectivity index (χ0v) is 8.87. The molecule has 0 saturated heterocycles. The first kappa shape index (κ1) is 10.3. The fourth-order valence-electron chi connectivity index (χ4n) is 1.62. The van der Waals surface area contributed by atoms with Gasteiger partial charge in [0.15, 0.2) is 0 Å². The summed E-state index contributed by atoms with van der Waals surface area (Å²) in [4.78, 5) is 0. The first-order valence-corrected chi connectivity index (χ1v) is 4.63. The SMILES string of the molecule is COC(c1ccccc1)C(C)(C)C. The normalized spacial score (nSPS) is 14.2. The molecule has 0 heterocycles. The van der Waals surface area contributed by atoms with E-state index in [1.54, 1.807) is 7.11 Å². The van der Waals surface area contributed by atoms with Gasteiger partial charge in [0.25, 0.3) is 0 Å². The van der Waals surface area contributed by atoms with Gasteiger partial charge in [0.1, 0.15) is 0 Å². The van der Waals surface area contributed by atoms with Gasteiger partial charge in [-0.15, -0.1) is 0 Å². The van der Waals surface area contributed by atoms with E-state index >= 15 is 0 Å². The number of hydrogen-bond acceptors (Lipinski definition) is 1. The van der Waals surface area contributed by atoms with E-state index in [2.05, 4.69) is 32.9 Å². The fraction of sp³-hybridized carbons (Fsp3) is 0.500. The summed E-state index contributed by atoms with van der Waals surface area (Å²) in [5.41, 5.74) is 1.40. The molecule has 0 fully saturated rings. The molecule has 13 heavy (non-hydrogen) atoms. The fourth-order valence-corrected chi connectivity index (χ4v) is 1.62. The Balaban J connectivity index is 2.92. The summed E-state index contributed by atoms with van der Waals surface area (Å²) in [5, 5.41) is 0. The second kappa shape index (κ2) is 3.93. The first-order chi connectivity index (χ1) is 6.05. The molecule has 0 spiro atoms. The smallest absolute Gasteiger partial charge is 0.0869 e. The van der Waals surface area contributed by atoms with E-state index in [9.17, 15) is 0 Å². The van der Waals surface area contributed by atoms with E-state index in [1.165, 1.54) is 5.56 Å². The van der Waals surface area contributed by atoms with Crippen LogP contribution in [0.1, 0.15) is 32.4 Å². The quantitative estimate of drug-likeness (QED) is 0.674. The summed E-state index contributed by atoms with van der Waals surface area (Å²) in [5.74, 6) is 0. The lowest BCUT2D eigenvalue weighted by Gasteiger charge is -2.29. The Kier molecular flexibility index (Phi) is 3.10. The summed E-state index contributed by atoms with van der Waals surface area (Å²) in [6.07, 6.45) is 0.175. The highest BCUT2D eigenvalue weighted by Crippen LogP contribution is 2.34. The van der Waals surface area contributed by atoms with Crippen molar-refractivity contribution in [3.8, 4) is 0 Å². The zero-order chi connectivity index (χ0) is 9.90. The van der Waals surface area contributed by atoms with Crippen molar-refractivity contribution in [1.29, 1.82) is 0 Å². The second-order valence-corrected chi connectivity index (χ2v) is 4.39. The predicted octanol–water partition coefficient (Wildman–Crippen LogP) is 3.42. The van der Waals surface area contributed by atoms with Crippen LogP contribution in [0.15, 0.2) is 30.3 Å². The number of benzene rings is 1. The number of ether oxygens (including phenoxy) is 1. The number of rotatable bonds is 2. The van der Waals surface area contributed by atoms with Crippen molar-refractivity contribution in [3.63, 3.8) is 0 Å². The van der Waals surface area contributed by atoms with Crippen LogP contribution >= 0.6 is 0 Å². The summed E-state index contributed by atoms with van der Waals surface area (Å²) < 4.78 is 5.50. The summed E-state index contributed by atoms with van der Waals surface area (Å²) in [7, 11) is 1.77. The van der Waals surface area contributed by atoms with E-state index < -0.39 is 0 Å². The number of hydrogen-bond donors (Lipinski definition) is 0. The summed E-state index contributed by atoms with van der Waals surface area (Å²) >= 11 is 0. The molecule has 1 nitrogen and oxygen atoms in total. The largest absolute Gasteiger partial charge is 0.376 e. The predicted molar refractivity (Wildman–Crippen MR) is 55.6 cm³/mol. The van der Waals surface area contributed by atoms with E-state index in [4.69, 9.17) is 4.74 Å². The van der Waals surface area contributed by atoms with Crippen molar-refractivity contribution in [2.24, 2.45) is 5.41 Å². The Morgan fingerprint density at radius 3 is 2.00 bits per heavy atom. The molecule has 1 aromatic carbocycles. The minimum atomic E-state index is 0.149. The van der Waals surface area contributed by atoms with Crippen molar-refractivity contribution >= 4 is 0 Å². The molecule has 0 amide bonds. The van der Waals surface area contributed by atoms with Gasteiger partial charge >= 0.3 is 0 Å². The van der Waals surface area contributed by atoms with Gasteiger partial charge in [0, 0.05) is 7.11 Å². The highest BCUT2D eigenvalue weighted by Gasteiger charge is 2.25. The molecule has 72 valence electrons. The monoisotopic (exact) mass is 178 g/mol. The standard InChI is InChI=1S/C12H18O/c1-12(2,3)11(13-4)10-8-6-5-7-9-10/h5-9,11H,1-4H3. The van der Waals surface area contributed by atoms with Crippen LogP contribution in [0.3, 0.4) is 0 Å². The molecule has 1 unspecified atom stereocenters. The van der Waals surface area contributed by atoms with Crippen molar-refractivity contribution in [2.75, 3.05) is 7.11 Å². The van der Waals surface area contributed by atoms with Crippen molar-refractivity contribution < 1.29 is 4.74 Å². The van der Waals surface area contributed by atoms with Crippen molar-refractivity contribution in [3.05, 3.63) is 35.9 Å². The third kappa shape index (κ3) is 2.56. The van der Waals surface area contributed by atoms with Gasteiger partial charge < -0.3 is 4.74 Å². The minimum absolute atomic E-state index is 0.149. The van der Waals surface area contributed by atoms with Gasteiger partial charge in [0.05, 0.1) is 6.10 Å². The van der Waals surface area contributed by atoms with Gasteiger partial charge in [-0.2, -0.15) is 0 Å². The molecule has 1 rings (SSSR count). The van der Waals surface area contributed by atoms with Crippen molar-refractivity contribution in [2.45, 2.75) is 26.9 Å². The summed E-state index contributed by atoms with van der Waals surface area (Å²) in [6, 6.07) is 10.3. The highest BCUT2D eigenvalue weighted by molar-refractivity contribution is 5.19. The lowest BCUT2D eigenvalue weighted by Crippen LogP contribution is -2.19. The molecule has 0 bridgehead atoms. The van der Waals surface area contributed by atoms with Crippen LogP contribution in [-0.4, -0.2) is 7.11 Å². The van der Waals surface area contributed by atoms with Gasteiger partial charge in [-0.25, -0.2) is 0 Å². The highest BCUT2D eigenvalue weighted by atomic mass is 16.5. The lowest BCUT2D eigenvalue weighted by atomic mass is 9.85. The third-order valence-electron chi connectivity index (χ3n) is 2.12. The molecule has 0 N–H and O–H groups in total. The topological polar surface area (TPSA) is 9.23 Å². The van der Waals surface area contributed by atoms with E-state index in [0.29, 0.717) is 0 Å². The zero-order valence-electron chi connectivity index (χ0n) is 8.87. The Bertz CT molecular complexity index is 246. The molecule has 1 aromatic rings. The molecule has 0 aliphatic heterocycles. The van der Waals surface area contributed by atoms with Gasteiger partial charge in [-0.3, -0.25) is 0 Å². The van der Waals surface area contributed by atoms with Crippen LogP contribution in [0.4, 0.5) is 0 Å². The minimum Gasteiger partial charge on any atom is -0.376 e. The number of methoxy groups -OCH3 is 1. The molecule has 0 aliphatic carbocycles. The van der Waals surface area contributed by atoms with Crippen LogP contribution in [0, 0.1) is 5.41 Å². The van der Waals surface area contributed by atoms with E-state index in [0.717, 1.165) is 0 Å². The molecular weight excluding hydrogens is 160 g/mol. The van der Waals surface area contributed by atoms with Crippen LogP contribution in [0.5, 0.6) is 0 Å². The molecule has 0 aromatic heterocycles. The van der Waals surface area contributed by atoms with E-state index in [1.807, 2.05) is 18.2 Å². The maximum absolute atomic E-state index is 5.50. The lowest BCUT2D eigenvalue weighted by molar-refractivity contribution is 0.0152. The Hall–Kier alpha value is -0.820. The molecule has 1 heteroatoms. The maximum Gasteiger partial charge on any atom is 0.0869 e.